The third-order valence-corrected chi connectivity index (χ3v) is 0.988. The first-order valence-corrected chi connectivity index (χ1v) is 3.61. The predicted octanol–water partition coefficient (Wildman–Crippen LogP) is 0.375. The van der Waals surface area contributed by atoms with Crippen LogP contribution in [0, 0.1) is 0 Å². The summed E-state index contributed by atoms with van der Waals surface area (Å²) in [5, 5.41) is 0. The molecule has 0 saturated carbocycles. The SMILES string of the molecule is CCOCCOCCN=C=O. The molecule has 0 N–H and O–H groups in total. The summed E-state index contributed by atoms with van der Waals surface area (Å²) >= 11 is 0. The molecular formula is C7H13NO3. The first kappa shape index (κ1) is 10.3. The first-order valence-electron chi connectivity index (χ1n) is 3.61. The van der Waals surface area contributed by atoms with E-state index >= 15 is 0 Å². The van der Waals surface area contributed by atoms with Gasteiger partial charge in [0.2, 0.25) is 6.08 Å². The molecule has 11 heavy (non-hydrogen) atoms. The lowest BCUT2D eigenvalue weighted by atomic mass is 10.7. The molecule has 0 aromatic heterocycles. The van der Waals surface area contributed by atoms with Crippen molar-refractivity contribution < 1.29 is 14.3 Å². The Bertz CT molecular complexity index is 121. The Balaban J connectivity index is 2.84. The summed E-state index contributed by atoms with van der Waals surface area (Å²) in [6, 6.07) is 0. The molecule has 0 aliphatic carbocycles. The van der Waals surface area contributed by atoms with E-state index in [2.05, 4.69) is 4.99 Å². The summed E-state index contributed by atoms with van der Waals surface area (Å²) < 4.78 is 10.0. The highest BCUT2D eigenvalue weighted by atomic mass is 16.5. The van der Waals surface area contributed by atoms with Gasteiger partial charge in [0.25, 0.3) is 0 Å². The van der Waals surface area contributed by atoms with Gasteiger partial charge in [0.05, 0.1) is 26.4 Å². The van der Waals surface area contributed by atoms with Gasteiger partial charge in [0.1, 0.15) is 0 Å². The van der Waals surface area contributed by atoms with Crippen molar-refractivity contribution in [2.75, 3.05) is 33.0 Å². The molecule has 0 aliphatic rings. The Morgan fingerprint density at radius 1 is 1.27 bits per heavy atom. The number of carbonyl (C=O) groups excluding carboxylic acids is 1. The van der Waals surface area contributed by atoms with E-state index in [0.29, 0.717) is 33.0 Å². The van der Waals surface area contributed by atoms with Crippen molar-refractivity contribution in [2.24, 2.45) is 4.99 Å². The second kappa shape index (κ2) is 9.30. The fourth-order valence-electron chi connectivity index (χ4n) is 0.520. The van der Waals surface area contributed by atoms with Crippen molar-refractivity contribution in [1.82, 2.24) is 0 Å². The maximum atomic E-state index is 9.57. The number of isocyanates is 1. The zero-order chi connectivity index (χ0) is 8.36. The van der Waals surface area contributed by atoms with Crippen LogP contribution in [-0.2, 0) is 14.3 Å². The summed E-state index contributed by atoms with van der Waals surface area (Å²) in [6.07, 6.45) is 1.43. The average molecular weight is 159 g/mol. The van der Waals surface area contributed by atoms with E-state index in [-0.39, 0.29) is 0 Å². The van der Waals surface area contributed by atoms with Crippen LogP contribution in [0.3, 0.4) is 0 Å². The molecule has 0 amide bonds. The highest BCUT2D eigenvalue weighted by Gasteiger charge is 1.86. The molecule has 0 fully saturated rings. The van der Waals surface area contributed by atoms with E-state index in [1.807, 2.05) is 6.92 Å². The summed E-state index contributed by atoms with van der Waals surface area (Å²) in [7, 11) is 0. The third kappa shape index (κ3) is 9.30. The molecule has 0 aromatic carbocycles. The molecule has 0 heterocycles. The first-order chi connectivity index (χ1) is 5.41. The topological polar surface area (TPSA) is 47.9 Å². The van der Waals surface area contributed by atoms with E-state index in [9.17, 15) is 4.79 Å². The lowest BCUT2D eigenvalue weighted by Crippen LogP contribution is -2.06. The van der Waals surface area contributed by atoms with Gasteiger partial charge in [-0.1, -0.05) is 0 Å². The molecule has 0 rings (SSSR count). The Hall–Kier alpha value is -0.700. The fourth-order valence-corrected chi connectivity index (χ4v) is 0.520. The number of ether oxygens (including phenoxy) is 2. The Labute approximate surface area is 66.2 Å². The highest BCUT2D eigenvalue weighted by molar-refractivity contribution is 5.32. The number of nitrogens with zero attached hydrogens (tertiary/aromatic N) is 1. The second-order valence-corrected chi connectivity index (χ2v) is 1.78. The van der Waals surface area contributed by atoms with E-state index in [1.165, 1.54) is 6.08 Å². The molecule has 0 aromatic rings. The van der Waals surface area contributed by atoms with Crippen LogP contribution in [0.4, 0.5) is 0 Å². The molecular weight excluding hydrogens is 146 g/mol. The van der Waals surface area contributed by atoms with Crippen LogP contribution in [0.25, 0.3) is 0 Å². The van der Waals surface area contributed by atoms with Crippen molar-refractivity contribution in [3.63, 3.8) is 0 Å². The minimum absolute atomic E-state index is 0.385. The molecule has 0 bridgehead atoms. The average Bonchev–Trinajstić information content (AvgIpc) is 2.03. The van der Waals surface area contributed by atoms with Gasteiger partial charge in [-0.3, -0.25) is 0 Å². The number of hydrogen-bond acceptors (Lipinski definition) is 4. The van der Waals surface area contributed by atoms with Gasteiger partial charge in [0.15, 0.2) is 0 Å². The maximum Gasteiger partial charge on any atom is 0.235 e. The summed E-state index contributed by atoms with van der Waals surface area (Å²) in [5.41, 5.74) is 0. The van der Waals surface area contributed by atoms with Gasteiger partial charge in [-0.2, -0.15) is 0 Å². The van der Waals surface area contributed by atoms with Gasteiger partial charge in [-0.15, -0.1) is 0 Å². The lowest BCUT2D eigenvalue weighted by Gasteiger charge is -2.00. The van der Waals surface area contributed by atoms with Gasteiger partial charge in [-0.25, -0.2) is 9.79 Å². The normalized spacial score (nSPS) is 9.18. The quantitative estimate of drug-likeness (QED) is 0.306. The highest BCUT2D eigenvalue weighted by Crippen LogP contribution is 1.78. The molecule has 0 aliphatic heterocycles. The Morgan fingerprint density at radius 2 is 2.00 bits per heavy atom. The molecule has 4 heteroatoms. The molecule has 0 atom stereocenters. The van der Waals surface area contributed by atoms with Crippen molar-refractivity contribution in [2.45, 2.75) is 6.92 Å². The summed E-state index contributed by atoms with van der Waals surface area (Å²) in [5.74, 6) is 0. The number of aliphatic imine (C=N–C) groups is 1. The van der Waals surface area contributed by atoms with E-state index in [1.54, 1.807) is 0 Å². The molecule has 64 valence electrons. The molecule has 0 saturated heterocycles. The van der Waals surface area contributed by atoms with Crippen LogP contribution in [0.2, 0.25) is 0 Å². The predicted molar refractivity (Wildman–Crippen MR) is 40.3 cm³/mol. The molecule has 0 unspecified atom stereocenters. The van der Waals surface area contributed by atoms with Crippen molar-refractivity contribution in [3.8, 4) is 0 Å². The van der Waals surface area contributed by atoms with Crippen LogP contribution in [0.1, 0.15) is 6.92 Å². The Morgan fingerprint density at radius 3 is 2.64 bits per heavy atom. The van der Waals surface area contributed by atoms with Gasteiger partial charge < -0.3 is 9.47 Å². The number of rotatable bonds is 7. The number of hydrogen-bond donors (Lipinski definition) is 0. The van der Waals surface area contributed by atoms with Gasteiger partial charge in [0, 0.05) is 6.61 Å². The lowest BCUT2D eigenvalue weighted by molar-refractivity contribution is 0.0562. The monoisotopic (exact) mass is 159 g/mol. The largest absolute Gasteiger partial charge is 0.379 e. The fraction of sp³-hybridized carbons (Fsp3) is 0.857. The molecule has 4 nitrogen and oxygen atoms in total. The maximum absolute atomic E-state index is 9.57. The van der Waals surface area contributed by atoms with Crippen LogP contribution >= 0.6 is 0 Å². The zero-order valence-electron chi connectivity index (χ0n) is 6.71. The second-order valence-electron chi connectivity index (χ2n) is 1.78. The third-order valence-electron chi connectivity index (χ3n) is 0.988. The minimum Gasteiger partial charge on any atom is -0.379 e. The van der Waals surface area contributed by atoms with E-state index in [4.69, 9.17) is 9.47 Å². The molecule has 0 radical (unpaired) electrons. The summed E-state index contributed by atoms with van der Waals surface area (Å²) in [6.45, 7) is 4.63. The van der Waals surface area contributed by atoms with E-state index < -0.39 is 0 Å². The van der Waals surface area contributed by atoms with Crippen molar-refractivity contribution in [3.05, 3.63) is 0 Å². The van der Waals surface area contributed by atoms with Crippen molar-refractivity contribution >= 4 is 6.08 Å². The summed E-state index contributed by atoms with van der Waals surface area (Å²) in [4.78, 5) is 12.9. The van der Waals surface area contributed by atoms with E-state index in [0.717, 1.165) is 0 Å². The minimum atomic E-state index is 0.385. The molecule has 0 spiro atoms. The Kier molecular flexibility index (Phi) is 8.71. The van der Waals surface area contributed by atoms with Crippen LogP contribution < -0.4 is 0 Å². The van der Waals surface area contributed by atoms with Crippen molar-refractivity contribution in [1.29, 1.82) is 0 Å². The van der Waals surface area contributed by atoms with Crippen LogP contribution in [0.5, 0.6) is 0 Å². The van der Waals surface area contributed by atoms with Gasteiger partial charge >= 0.3 is 0 Å². The zero-order valence-corrected chi connectivity index (χ0v) is 6.71. The standard InChI is InChI=1S/C7H13NO3/c1-2-10-5-6-11-4-3-8-7-9/h2-6H2,1H3. The van der Waals surface area contributed by atoms with Gasteiger partial charge in [-0.05, 0) is 6.92 Å². The smallest absolute Gasteiger partial charge is 0.235 e. The van der Waals surface area contributed by atoms with Crippen LogP contribution in [0.15, 0.2) is 4.99 Å². The van der Waals surface area contributed by atoms with Crippen LogP contribution in [-0.4, -0.2) is 39.1 Å².